The predicted octanol–water partition coefficient (Wildman–Crippen LogP) is 3.15. The molecule has 3 atom stereocenters. The van der Waals surface area contributed by atoms with Gasteiger partial charge in [-0.05, 0) is 38.5 Å². The van der Waals surface area contributed by atoms with Gasteiger partial charge in [0, 0.05) is 42.5 Å². The van der Waals surface area contributed by atoms with Gasteiger partial charge < -0.3 is 19.8 Å². The Labute approximate surface area is 204 Å². The van der Waals surface area contributed by atoms with E-state index in [-0.39, 0.29) is 11.5 Å². The molecule has 5 heterocycles. The number of likely N-dealkylation sites (tertiary alicyclic amines) is 1. The maximum atomic E-state index is 13.1. The van der Waals surface area contributed by atoms with Gasteiger partial charge >= 0.3 is 0 Å². The van der Waals surface area contributed by atoms with Gasteiger partial charge in [-0.3, -0.25) is 4.79 Å². The van der Waals surface area contributed by atoms with Gasteiger partial charge in [-0.25, -0.2) is 28.7 Å². The summed E-state index contributed by atoms with van der Waals surface area (Å²) in [4.78, 5) is 40.3. The van der Waals surface area contributed by atoms with Gasteiger partial charge in [0.1, 0.15) is 11.5 Å². The summed E-state index contributed by atoms with van der Waals surface area (Å²) in [6.45, 7) is 2.97. The lowest BCUT2D eigenvalue weighted by atomic mass is 9.79. The van der Waals surface area contributed by atoms with Crippen LogP contribution in [0.1, 0.15) is 31.5 Å². The van der Waals surface area contributed by atoms with Crippen molar-refractivity contribution in [1.29, 1.82) is 0 Å². The van der Waals surface area contributed by atoms with E-state index < -0.39 is 13.0 Å². The Morgan fingerprint density at radius 2 is 2.03 bits per heavy atom. The number of aryl methyl sites for hydroxylation is 1. The van der Waals surface area contributed by atoms with E-state index in [1.54, 1.807) is 25.5 Å². The van der Waals surface area contributed by atoms with Crippen molar-refractivity contribution in [2.75, 3.05) is 18.4 Å². The molecule has 10 nitrogen and oxygen atoms in total. The Hall–Kier alpha value is -3.70. The highest BCUT2D eigenvalue weighted by Gasteiger charge is 2.72. The molecule has 0 aromatic carbocycles. The summed E-state index contributed by atoms with van der Waals surface area (Å²) >= 11 is 0. The highest BCUT2D eigenvalue weighted by atomic mass is 19.3. The minimum atomic E-state index is -2.52. The Balaban J connectivity index is 1.11. The number of hydrogen-bond acceptors (Lipinski definition) is 7. The fraction of sp³-hybridized carbons (Fsp3) is 0.500. The van der Waals surface area contributed by atoms with Crippen molar-refractivity contribution in [2.24, 2.45) is 11.3 Å². The predicted molar refractivity (Wildman–Crippen MR) is 127 cm³/mol. The van der Waals surface area contributed by atoms with Crippen LogP contribution in [0.25, 0.3) is 33.6 Å². The molecule has 7 rings (SSSR count). The van der Waals surface area contributed by atoms with Gasteiger partial charge in [0.25, 0.3) is 6.43 Å². The van der Waals surface area contributed by atoms with E-state index in [9.17, 15) is 13.6 Å². The first-order valence-electron chi connectivity index (χ1n) is 12.3. The summed E-state index contributed by atoms with van der Waals surface area (Å²) in [5.41, 5.74) is 2.39. The van der Waals surface area contributed by atoms with Gasteiger partial charge in [-0.1, -0.05) is 0 Å². The zero-order valence-electron chi connectivity index (χ0n) is 19.7. The Bertz CT molecular complexity index is 1510. The van der Waals surface area contributed by atoms with E-state index >= 15 is 0 Å². The van der Waals surface area contributed by atoms with Crippen LogP contribution in [0.5, 0.6) is 0 Å². The smallest absolute Gasteiger partial charge is 0.256 e. The van der Waals surface area contributed by atoms with E-state index in [1.165, 1.54) is 4.57 Å². The van der Waals surface area contributed by atoms with Crippen LogP contribution < -0.4 is 5.32 Å². The largest absolute Gasteiger partial charge is 0.351 e. The number of fused-ring (bicyclic) bond motifs is 3. The molecule has 12 heteroatoms. The van der Waals surface area contributed by atoms with E-state index in [4.69, 9.17) is 0 Å². The molecular weight excluding hydrogens is 468 g/mol. The normalized spacial score (nSPS) is 24.9. The zero-order valence-corrected chi connectivity index (χ0v) is 19.7. The average Bonchev–Trinajstić information content (AvgIpc) is 3.32. The molecule has 3 aliphatic rings. The number of anilines is 1. The van der Waals surface area contributed by atoms with Gasteiger partial charge in [-0.15, -0.1) is 0 Å². The average molecular weight is 494 g/mol. The SMILES string of the molecule is Cc1nc2ncc(-c3c[nH]c4nc(N[C@@H]5C[C@]6(C(=O)N7CCCC7)CC56)ncc34)nc2n1CC(F)F. The minimum absolute atomic E-state index is 0.155. The monoisotopic (exact) mass is 493 g/mol. The molecule has 4 aromatic rings. The molecule has 1 aliphatic heterocycles. The zero-order chi connectivity index (χ0) is 24.6. The number of amides is 1. The number of hydrogen-bond donors (Lipinski definition) is 2. The number of nitrogens with one attached hydrogen (secondary N) is 2. The molecule has 1 amide bonds. The maximum absolute atomic E-state index is 13.1. The summed E-state index contributed by atoms with van der Waals surface area (Å²) in [5.74, 6) is 1.64. The maximum Gasteiger partial charge on any atom is 0.256 e. The summed E-state index contributed by atoms with van der Waals surface area (Å²) in [6, 6.07) is 0.204. The van der Waals surface area contributed by atoms with Crippen LogP contribution in [0.2, 0.25) is 0 Å². The van der Waals surface area contributed by atoms with Crippen LogP contribution in [0.4, 0.5) is 14.7 Å². The van der Waals surface area contributed by atoms with E-state index in [0.29, 0.717) is 46.2 Å². The van der Waals surface area contributed by atoms with Crippen molar-refractivity contribution in [2.45, 2.75) is 51.6 Å². The number of nitrogens with zero attached hydrogens (tertiary/aromatic N) is 7. The number of carbonyl (C=O) groups is 1. The van der Waals surface area contributed by atoms with Crippen LogP contribution in [0.15, 0.2) is 18.6 Å². The third kappa shape index (κ3) is 3.19. The highest BCUT2D eigenvalue weighted by Crippen LogP contribution is 2.68. The van der Waals surface area contributed by atoms with Crippen molar-refractivity contribution in [3.8, 4) is 11.3 Å². The lowest BCUT2D eigenvalue weighted by Crippen LogP contribution is -2.47. The lowest BCUT2D eigenvalue weighted by molar-refractivity contribution is -0.139. The second kappa shape index (κ2) is 7.65. The van der Waals surface area contributed by atoms with E-state index in [1.807, 2.05) is 4.90 Å². The molecule has 1 unspecified atom stereocenters. The molecule has 186 valence electrons. The second-order valence-corrected chi connectivity index (χ2v) is 10.1. The Morgan fingerprint density at radius 1 is 1.19 bits per heavy atom. The molecule has 2 aliphatic carbocycles. The summed E-state index contributed by atoms with van der Waals surface area (Å²) in [7, 11) is 0. The molecule has 1 saturated heterocycles. The summed E-state index contributed by atoms with van der Waals surface area (Å²) < 4.78 is 27.5. The number of H-pyrrole nitrogens is 1. The molecule has 4 aromatic heterocycles. The Morgan fingerprint density at radius 3 is 2.81 bits per heavy atom. The number of aromatic amines is 1. The fourth-order valence-electron chi connectivity index (χ4n) is 6.03. The van der Waals surface area contributed by atoms with Crippen LogP contribution in [-0.2, 0) is 11.3 Å². The summed E-state index contributed by atoms with van der Waals surface area (Å²) in [6.07, 6.45) is 6.53. The quantitative estimate of drug-likeness (QED) is 0.424. The number of carbonyl (C=O) groups excluding carboxylic acids is 1. The molecular formula is C24H25F2N9O. The van der Waals surface area contributed by atoms with Crippen molar-refractivity contribution >= 4 is 34.2 Å². The molecule has 36 heavy (non-hydrogen) atoms. The molecule has 2 saturated carbocycles. The molecule has 2 N–H and O–H groups in total. The van der Waals surface area contributed by atoms with Crippen LogP contribution in [0.3, 0.4) is 0 Å². The van der Waals surface area contributed by atoms with Gasteiger partial charge in [0.15, 0.2) is 11.3 Å². The van der Waals surface area contributed by atoms with E-state index in [2.05, 4.69) is 35.2 Å². The standard InChI is InChI=1S/C24H25F2N9O/c1-12-30-20-21(35(12)11-18(25)26)31-17(10-28-20)13-8-27-19-14(13)9-29-23(33-19)32-16-7-24(6-15(16)24)22(36)34-4-2-3-5-34/h8-10,15-16,18H,2-7,11H2,1H3,(H2,27,29,32,33)/t15?,16-,24-/m1/s1. The van der Waals surface area contributed by atoms with Crippen molar-refractivity contribution in [3.05, 3.63) is 24.4 Å². The lowest BCUT2D eigenvalue weighted by Gasteiger charge is -2.36. The second-order valence-electron chi connectivity index (χ2n) is 10.1. The minimum Gasteiger partial charge on any atom is -0.351 e. The number of halogens is 2. The van der Waals surface area contributed by atoms with Crippen LogP contribution in [-0.4, -0.2) is 70.8 Å². The highest BCUT2D eigenvalue weighted by molar-refractivity contribution is 5.93. The number of rotatable bonds is 6. The molecule has 0 radical (unpaired) electrons. The van der Waals surface area contributed by atoms with Crippen molar-refractivity contribution in [3.63, 3.8) is 0 Å². The third-order valence-electron chi connectivity index (χ3n) is 8.02. The van der Waals surface area contributed by atoms with Crippen LogP contribution in [0, 0.1) is 18.3 Å². The topological polar surface area (TPSA) is 118 Å². The van der Waals surface area contributed by atoms with E-state index in [0.717, 1.165) is 49.7 Å². The van der Waals surface area contributed by atoms with Gasteiger partial charge in [-0.2, -0.15) is 4.98 Å². The first-order valence-corrected chi connectivity index (χ1v) is 12.3. The Kier molecular flexibility index (Phi) is 4.58. The van der Waals surface area contributed by atoms with Crippen molar-refractivity contribution in [1.82, 2.24) is 39.4 Å². The molecule has 0 bridgehead atoms. The number of imidazole rings is 1. The first kappa shape index (κ1) is 21.6. The van der Waals surface area contributed by atoms with Crippen molar-refractivity contribution < 1.29 is 13.6 Å². The molecule has 0 spiro atoms. The van der Waals surface area contributed by atoms with Crippen LogP contribution >= 0.6 is 0 Å². The first-order chi connectivity index (χ1) is 17.4. The third-order valence-corrected chi connectivity index (χ3v) is 8.02. The number of alkyl halides is 2. The summed E-state index contributed by atoms with van der Waals surface area (Å²) in [5, 5.41) is 4.16. The van der Waals surface area contributed by atoms with Gasteiger partial charge in [0.05, 0.1) is 23.9 Å². The molecule has 3 fully saturated rings. The number of aromatic nitrogens is 7. The fourth-order valence-corrected chi connectivity index (χ4v) is 6.03. The van der Waals surface area contributed by atoms with Gasteiger partial charge in [0.2, 0.25) is 11.9 Å².